The summed E-state index contributed by atoms with van der Waals surface area (Å²) in [7, 11) is -3.95. The molecule has 0 aliphatic rings. The Labute approximate surface area is 165 Å². The Balaban J connectivity index is 2.35. The molecular weight excluding hydrogens is 405 g/mol. The topological polar surface area (TPSA) is 102 Å². The van der Waals surface area contributed by atoms with Gasteiger partial charge in [0.15, 0.2) is 5.69 Å². The van der Waals surface area contributed by atoms with Gasteiger partial charge in [-0.2, -0.15) is 23.5 Å². The molecule has 0 saturated carbocycles. The molecule has 1 heterocycles. The quantitative estimate of drug-likeness (QED) is 0.695. The zero-order valence-corrected chi connectivity index (χ0v) is 15.9. The molecule has 29 heavy (non-hydrogen) atoms. The lowest BCUT2D eigenvalue weighted by molar-refractivity contribution is -0.143. The number of nitrogens with two attached hydrogens (primary N) is 1. The summed E-state index contributed by atoms with van der Waals surface area (Å²) in [4.78, 5) is -0.175. The molecule has 2 N–H and O–H groups in total. The zero-order valence-electron chi connectivity index (χ0n) is 15.1. The van der Waals surface area contributed by atoms with Crippen LogP contribution in [0.2, 0.25) is 0 Å². The molecule has 0 atom stereocenters. The minimum absolute atomic E-state index is 0.0113. The molecule has 150 valence electrons. The van der Waals surface area contributed by atoms with E-state index >= 15 is 0 Å². The number of primary sulfonamides is 1. The van der Waals surface area contributed by atoms with Crippen molar-refractivity contribution in [1.29, 1.82) is 5.26 Å². The van der Waals surface area contributed by atoms with Crippen molar-refractivity contribution in [3.8, 4) is 28.5 Å². The van der Waals surface area contributed by atoms with E-state index in [4.69, 9.17) is 10.4 Å². The molecule has 1 aromatic heterocycles. The Morgan fingerprint density at radius 3 is 2.28 bits per heavy atom. The van der Waals surface area contributed by atoms with Crippen molar-refractivity contribution in [3.05, 3.63) is 59.8 Å². The minimum Gasteiger partial charge on any atom is -0.245 e. The van der Waals surface area contributed by atoms with E-state index in [0.29, 0.717) is 15.8 Å². The molecule has 0 aliphatic heterocycles. The third-order valence-electron chi connectivity index (χ3n) is 4.31. The number of halogens is 3. The van der Waals surface area contributed by atoms with E-state index in [-0.39, 0.29) is 21.7 Å². The third kappa shape index (κ3) is 4.01. The van der Waals surface area contributed by atoms with Crippen LogP contribution in [0.15, 0.2) is 53.4 Å². The first-order valence-corrected chi connectivity index (χ1v) is 9.83. The summed E-state index contributed by atoms with van der Waals surface area (Å²) in [6.45, 7) is 1.08. The first-order chi connectivity index (χ1) is 13.5. The molecule has 3 rings (SSSR count). The van der Waals surface area contributed by atoms with Gasteiger partial charge in [0.25, 0.3) is 0 Å². The van der Waals surface area contributed by atoms with Crippen LogP contribution in [0.25, 0.3) is 22.4 Å². The maximum Gasteiger partial charge on any atom is 0.433 e. The SMILES string of the molecule is Cc1ccccc1-c1c(-c2ccc(S(N)(=O)=O)cc2)nn(CC#N)c1C(F)(F)F. The molecule has 0 bridgehead atoms. The van der Waals surface area contributed by atoms with Gasteiger partial charge in [-0.25, -0.2) is 18.2 Å². The van der Waals surface area contributed by atoms with Gasteiger partial charge < -0.3 is 0 Å². The van der Waals surface area contributed by atoms with Crippen LogP contribution >= 0.6 is 0 Å². The predicted octanol–water partition coefficient (Wildman–Crippen LogP) is 3.72. The number of aryl methyl sites for hydroxylation is 1. The van der Waals surface area contributed by atoms with Gasteiger partial charge in [0.2, 0.25) is 10.0 Å². The number of aromatic nitrogens is 2. The third-order valence-corrected chi connectivity index (χ3v) is 5.24. The summed E-state index contributed by atoms with van der Waals surface area (Å²) < 4.78 is 65.3. The van der Waals surface area contributed by atoms with Crippen molar-refractivity contribution in [2.24, 2.45) is 5.14 Å². The lowest BCUT2D eigenvalue weighted by atomic mass is 9.95. The highest BCUT2D eigenvalue weighted by Gasteiger charge is 2.41. The van der Waals surface area contributed by atoms with Crippen molar-refractivity contribution in [1.82, 2.24) is 9.78 Å². The molecule has 0 radical (unpaired) electrons. The first-order valence-electron chi connectivity index (χ1n) is 8.28. The minimum atomic E-state index is -4.76. The van der Waals surface area contributed by atoms with E-state index in [1.807, 2.05) is 0 Å². The molecule has 2 aromatic carbocycles. The molecule has 0 unspecified atom stereocenters. The van der Waals surface area contributed by atoms with Crippen LogP contribution in [0.5, 0.6) is 0 Å². The van der Waals surface area contributed by atoms with Gasteiger partial charge >= 0.3 is 6.18 Å². The van der Waals surface area contributed by atoms with Crippen LogP contribution in [0.1, 0.15) is 11.3 Å². The Morgan fingerprint density at radius 1 is 1.14 bits per heavy atom. The van der Waals surface area contributed by atoms with Gasteiger partial charge in [-0.3, -0.25) is 0 Å². The number of hydrogen-bond acceptors (Lipinski definition) is 4. The highest BCUT2D eigenvalue weighted by Crippen LogP contribution is 2.43. The number of sulfonamides is 1. The van der Waals surface area contributed by atoms with E-state index in [2.05, 4.69) is 5.10 Å². The molecule has 10 heteroatoms. The van der Waals surface area contributed by atoms with Crippen molar-refractivity contribution in [2.75, 3.05) is 0 Å². The van der Waals surface area contributed by atoms with E-state index in [1.165, 1.54) is 24.3 Å². The second kappa shape index (κ2) is 7.35. The second-order valence-corrected chi connectivity index (χ2v) is 7.83. The summed E-state index contributed by atoms with van der Waals surface area (Å²) in [5.74, 6) is 0. The van der Waals surface area contributed by atoms with Gasteiger partial charge in [0.1, 0.15) is 12.2 Å². The summed E-state index contributed by atoms with van der Waals surface area (Å²) >= 11 is 0. The number of alkyl halides is 3. The van der Waals surface area contributed by atoms with Crippen molar-refractivity contribution in [2.45, 2.75) is 24.5 Å². The number of nitrogens with zero attached hydrogens (tertiary/aromatic N) is 3. The largest absolute Gasteiger partial charge is 0.433 e. The lowest BCUT2D eigenvalue weighted by Gasteiger charge is -2.13. The number of rotatable bonds is 4. The second-order valence-electron chi connectivity index (χ2n) is 6.27. The van der Waals surface area contributed by atoms with Gasteiger partial charge in [-0.15, -0.1) is 0 Å². The molecular formula is C19H15F3N4O2S. The zero-order chi connectivity index (χ0) is 21.4. The van der Waals surface area contributed by atoms with Crippen LogP contribution in [-0.2, 0) is 22.7 Å². The van der Waals surface area contributed by atoms with Crippen LogP contribution < -0.4 is 5.14 Å². The normalized spacial score (nSPS) is 12.0. The fourth-order valence-electron chi connectivity index (χ4n) is 3.04. The number of nitriles is 1. The van der Waals surface area contributed by atoms with Crippen molar-refractivity contribution >= 4 is 10.0 Å². The van der Waals surface area contributed by atoms with Crippen molar-refractivity contribution < 1.29 is 21.6 Å². The standard InChI is InChI=1S/C19H15F3N4O2S/c1-12-4-2-3-5-15(12)16-17(13-6-8-14(9-7-13)29(24,27)28)25-26(11-10-23)18(16)19(20,21)22/h2-9H,11H2,1H3,(H2,24,27,28). The molecule has 0 aliphatic carbocycles. The molecule has 0 saturated heterocycles. The smallest absolute Gasteiger partial charge is 0.245 e. The van der Waals surface area contributed by atoms with Gasteiger partial charge in [0, 0.05) is 11.1 Å². The number of benzene rings is 2. The van der Waals surface area contributed by atoms with E-state index in [1.54, 1.807) is 37.3 Å². The molecule has 6 nitrogen and oxygen atoms in total. The lowest BCUT2D eigenvalue weighted by Crippen LogP contribution is -2.15. The fraction of sp³-hybridized carbons (Fsp3) is 0.158. The number of hydrogen-bond donors (Lipinski definition) is 1. The summed E-state index contributed by atoms with van der Waals surface area (Å²) in [5.41, 5.74) is -0.0554. The monoisotopic (exact) mass is 420 g/mol. The Morgan fingerprint density at radius 2 is 1.76 bits per heavy atom. The van der Waals surface area contributed by atoms with Crippen LogP contribution in [-0.4, -0.2) is 18.2 Å². The average molecular weight is 420 g/mol. The average Bonchev–Trinajstić information content (AvgIpc) is 3.01. The highest BCUT2D eigenvalue weighted by molar-refractivity contribution is 7.89. The fourth-order valence-corrected chi connectivity index (χ4v) is 3.56. The van der Waals surface area contributed by atoms with Crippen LogP contribution in [0.4, 0.5) is 13.2 Å². The molecule has 0 amide bonds. The summed E-state index contributed by atoms with van der Waals surface area (Å²) in [6, 6.07) is 13.3. The predicted molar refractivity (Wildman–Crippen MR) is 99.8 cm³/mol. The van der Waals surface area contributed by atoms with Gasteiger partial charge in [-0.1, -0.05) is 36.4 Å². The van der Waals surface area contributed by atoms with Crippen molar-refractivity contribution in [3.63, 3.8) is 0 Å². The first kappa shape index (κ1) is 20.6. The molecule has 3 aromatic rings. The summed E-state index contributed by atoms with van der Waals surface area (Å²) in [6.07, 6.45) is -4.76. The highest BCUT2D eigenvalue weighted by atomic mass is 32.2. The van der Waals surface area contributed by atoms with Gasteiger partial charge in [0.05, 0.1) is 11.0 Å². The van der Waals surface area contributed by atoms with E-state index in [0.717, 1.165) is 0 Å². The van der Waals surface area contributed by atoms with Crippen LogP contribution in [0.3, 0.4) is 0 Å². The molecule has 0 spiro atoms. The summed E-state index contributed by atoms with van der Waals surface area (Å²) in [5, 5.41) is 18.1. The van der Waals surface area contributed by atoms with Gasteiger partial charge in [-0.05, 0) is 30.2 Å². The van der Waals surface area contributed by atoms with E-state index in [9.17, 15) is 21.6 Å². The van der Waals surface area contributed by atoms with E-state index < -0.39 is 28.4 Å². The Kier molecular flexibility index (Phi) is 5.21. The Bertz CT molecular complexity index is 1210. The molecule has 0 fully saturated rings. The Hall–Kier alpha value is -3.16. The van der Waals surface area contributed by atoms with Crippen LogP contribution in [0, 0.1) is 18.3 Å². The maximum atomic E-state index is 13.9. The maximum absolute atomic E-state index is 13.9.